The van der Waals surface area contributed by atoms with E-state index in [2.05, 4.69) is 211 Å². The maximum Gasteiger partial charge on any atom is 0.0979 e. The Morgan fingerprint density at radius 2 is 0.864 bits per heavy atom. The third-order valence-electron chi connectivity index (χ3n) is 12.0. The molecule has 274 valence electrons. The van der Waals surface area contributed by atoms with Crippen LogP contribution in [0.2, 0.25) is 0 Å². The zero-order valence-corrected chi connectivity index (χ0v) is 32.0. The topological polar surface area (TPSA) is 30.7 Å². The molecule has 0 amide bonds. The fourth-order valence-corrected chi connectivity index (χ4v) is 9.20. The first-order valence-corrected chi connectivity index (χ1v) is 20.1. The van der Waals surface area contributed by atoms with Gasteiger partial charge in [-0.25, -0.2) is 4.98 Å². The van der Waals surface area contributed by atoms with E-state index in [-0.39, 0.29) is 0 Å². The third-order valence-corrected chi connectivity index (χ3v) is 12.0. The van der Waals surface area contributed by atoms with E-state index in [1.165, 1.54) is 65.6 Å². The molecule has 0 saturated carbocycles. The van der Waals surface area contributed by atoms with E-state index in [0.717, 1.165) is 49.9 Å². The van der Waals surface area contributed by atoms with Crippen molar-refractivity contribution in [1.29, 1.82) is 0 Å². The summed E-state index contributed by atoms with van der Waals surface area (Å²) in [6, 6.07) is 74.3. The maximum atomic E-state index is 5.26. The van der Waals surface area contributed by atoms with E-state index in [1.807, 2.05) is 6.20 Å². The third kappa shape index (κ3) is 5.44. The number of para-hydroxylation sites is 1. The molecule has 2 heterocycles. The minimum absolute atomic E-state index is 0.862. The van der Waals surface area contributed by atoms with E-state index < -0.39 is 0 Å². The van der Waals surface area contributed by atoms with Crippen molar-refractivity contribution in [3.63, 3.8) is 0 Å². The SMILES string of the molecule is c1cc(-c2ccc(-n3c4ccccc4c4cc(-c5cccc6ccccc56)ccc43)cc2)cc(-c2cccc(-c3cnc4c5ccccc5c5ccccc5c4n3)c2)c1. The number of rotatable bonds is 5. The van der Waals surface area contributed by atoms with Crippen LogP contribution in [0, 0.1) is 0 Å². The molecule has 0 radical (unpaired) electrons. The molecule has 0 aliphatic carbocycles. The van der Waals surface area contributed by atoms with E-state index in [4.69, 9.17) is 9.97 Å². The normalized spacial score (nSPS) is 11.7. The molecule has 0 unspecified atom stereocenters. The summed E-state index contributed by atoms with van der Waals surface area (Å²) >= 11 is 0. The summed E-state index contributed by atoms with van der Waals surface area (Å²) in [7, 11) is 0. The number of nitrogens with zero attached hydrogens (tertiary/aromatic N) is 3. The van der Waals surface area contributed by atoms with Crippen LogP contribution < -0.4 is 0 Å². The number of hydrogen-bond donors (Lipinski definition) is 0. The molecule has 0 aliphatic heterocycles. The maximum absolute atomic E-state index is 5.26. The minimum Gasteiger partial charge on any atom is -0.309 e. The van der Waals surface area contributed by atoms with E-state index >= 15 is 0 Å². The van der Waals surface area contributed by atoms with Crippen molar-refractivity contribution in [1.82, 2.24) is 14.5 Å². The Labute approximate surface area is 341 Å². The highest BCUT2D eigenvalue weighted by molar-refractivity contribution is 6.23. The molecule has 3 nitrogen and oxygen atoms in total. The van der Waals surface area contributed by atoms with Gasteiger partial charge in [0.2, 0.25) is 0 Å². The lowest BCUT2D eigenvalue weighted by molar-refractivity contribution is 1.18. The summed E-state index contributed by atoms with van der Waals surface area (Å²) in [5, 5.41) is 9.67. The van der Waals surface area contributed by atoms with Crippen LogP contribution in [0.5, 0.6) is 0 Å². The van der Waals surface area contributed by atoms with Gasteiger partial charge in [0.25, 0.3) is 0 Å². The smallest absolute Gasteiger partial charge is 0.0979 e. The van der Waals surface area contributed by atoms with Gasteiger partial charge in [-0.3, -0.25) is 4.98 Å². The molecule has 0 spiro atoms. The van der Waals surface area contributed by atoms with Gasteiger partial charge in [0.05, 0.1) is 34.0 Å². The Kier molecular flexibility index (Phi) is 7.54. The molecule has 59 heavy (non-hydrogen) atoms. The average molecular weight is 750 g/mol. The van der Waals surface area contributed by atoms with Crippen LogP contribution in [0.3, 0.4) is 0 Å². The van der Waals surface area contributed by atoms with Crippen molar-refractivity contribution in [3.05, 3.63) is 212 Å². The van der Waals surface area contributed by atoms with Gasteiger partial charge in [-0.2, -0.15) is 0 Å². The fourth-order valence-electron chi connectivity index (χ4n) is 9.20. The van der Waals surface area contributed by atoms with Crippen LogP contribution in [0.4, 0.5) is 0 Å². The highest BCUT2D eigenvalue weighted by Crippen LogP contribution is 2.38. The van der Waals surface area contributed by atoms with Gasteiger partial charge < -0.3 is 4.57 Å². The molecule has 2 aromatic heterocycles. The molecule has 0 fully saturated rings. The summed E-state index contributed by atoms with van der Waals surface area (Å²) < 4.78 is 2.39. The molecule has 0 bridgehead atoms. The van der Waals surface area contributed by atoms with Crippen LogP contribution in [0.15, 0.2) is 212 Å². The van der Waals surface area contributed by atoms with Crippen molar-refractivity contribution >= 4 is 65.2 Å². The predicted molar refractivity (Wildman–Crippen MR) is 248 cm³/mol. The summed E-state index contributed by atoms with van der Waals surface area (Å²) in [4.78, 5) is 10.3. The first-order chi connectivity index (χ1) is 29.2. The van der Waals surface area contributed by atoms with Gasteiger partial charge in [0.1, 0.15) is 0 Å². The lowest BCUT2D eigenvalue weighted by Gasteiger charge is -2.12. The Hall–Kier alpha value is -7.88. The lowest BCUT2D eigenvalue weighted by Crippen LogP contribution is -1.94. The Balaban J connectivity index is 0.890. The number of benzene rings is 10. The molecule has 12 aromatic rings. The molecule has 0 aliphatic rings. The van der Waals surface area contributed by atoms with Crippen LogP contribution in [-0.2, 0) is 0 Å². The quantitative estimate of drug-likeness (QED) is 0.164. The molecular formula is C56H35N3. The molecule has 0 saturated heterocycles. The zero-order valence-electron chi connectivity index (χ0n) is 32.0. The van der Waals surface area contributed by atoms with Gasteiger partial charge in [-0.15, -0.1) is 0 Å². The summed E-state index contributed by atoms with van der Waals surface area (Å²) in [5.41, 5.74) is 14.4. The molecule has 0 atom stereocenters. The van der Waals surface area contributed by atoms with Crippen LogP contribution in [-0.4, -0.2) is 14.5 Å². The Morgan fingerprint density at radius 3 is 1.63 bits per heavy atom. The van der Waals surface area contributed by atoms with Gasteiger partial charge >= 0.3 is 0 Å². The first kappa shape index (κ1) is 33.3. The van der Waals surface area contributed by atoms with Gasteiger partial charge in [-0.1, -0.05) is 164 Å². The van der Waals surface area contributed by atoms with Crippen LogP contribution in [0.1, 0.15) is 0 Å². The van der Waals surface area contributed by atoms with Crippen molar-refractivity contribution < 1.29 is 0 Å². The zero-order chi connectivity index (χ0) is 38.9. The van der Waals surface area contributed by atoms with E-state index in [0.29, 0.717) is 0 Å². The largest absolute Gasteiger partial charge is 0.309 e. The fraction of sp³-hybridized carbons (Fsp3) is 0. The van der Waals surface area contributed by atoms with Crippen molar-refractivity contribution in [2.45, 2.75) is 0 Å². The van der Waals surface area contributed by atoms with E-state index in [9.17, 15) is 0 Å². The van der Waals surface area contributed by atoms with Crippen molar-refractivity contribution in [2.24, 2.45) is 0 Å². The highest BCUT2D eigenvalue weighted by atomic mass is 15.0. The summed E-state index contributed by atoms with van der Waals surface area (Å²) in [5.74, 6) is 0. The molecular weight excluding hydrogens is 715 g/mol. The summed E-state index contributed by atoms with van der Waals surface area (Å²) in [6.45, 7) is 0. The molecule has 3 heteroatoms. The van der Waals surface area contributed by atoms with Gasteiger partial charge in [0.15, 0.2) is 0 Å². The Bertz CT molecular complexity index is 3570. The second-order valence-electron chi connectivity index (χ2n) is 15.4. The second-order valence-corrected chi connectivity index (χ2v) is 15.4. The molecule has 0 N–H and O–H groups in total. The van der Waals surface area contributed by atoms with Crippen molar-refractivity contribution in [2.75, 3.05) is 0 Å². The number of hydrogen-bond acceptors (Lipinski definition) is 2. The van der Waals surface area contributed by atoms with Crippen molar-refractivity contribution in [3.8, 4) is 50.3 Å². The van der Waals surface area contributed by atoms with Crippen LogP contribution >= 0.6 is 0 Å². The second kappa shape index (κ2) is 13.4. The first-order valence-electron chi connectivity index (χ1n) is 20.1. The predicted octanol–water partition coefficient (Wildman–Crippen LogP) is 14.9. The summed E-state index contributed by atoms with van der Waals surface area (Å²) in [6.07, 6.45) is 1.92. The highest BCUT2D eigenvalue weighted by Gasteiger charge is 2.16. The lowest BCUT2D eigenvalue weighted by atomic mass is 9.97. The Morgan fingerprint density at radius 1 is 0.322 bits per heavy atom. The number of aromatic nitrogens is 3. The number of fused-ring (bicyclic) bond motifs is 10. The average Bonchev–Trinajstić information content (AvgIpc) is 3.65. The molecule has 12 rings (SSSR count). The van der Waals surface area contributed by atoms with E-state index in [1.54, 1.807) is 0 Å². The minimum atomic E-state index is 0.862. The van der Waals surface area contributed by atoms with Gasteiger partial charge in [0, 0.05) is 32.8 Å². The van der Waals surface area contributed by atoms with Gasteiger partial charge in [-0.05, 0) is 97.4 Å². The standard InChI is InChI=1S/C56H35N3/c1-2-18-44-37(12-1)13-11-24-45(44)41-28-31-54-51(34-41)48-21-7-8-25-53(48)59(54)43-29-26-36(27-30-43)38-14-9-15-39(32-38)40-16-10-17-42(33-40)52-35-57-55-49-22-5-3-19-46(49)47-20-4-6-23-50(47)56(55)58-52/h1-35H. The molecule has 10 aromatic carbocycles. The van der Waals surface area contributed by atoms with Crippen LogP contribution in [0.25, 0.3) is 115 Å². The monoisotopic (exact) mass is 749 g/mol.